The lowest BCUT2D eigenvalue weighted by Gasteiger charge is -2.21. The van der Waals surface area contributed by atoms with Crippen molar-refractivity contribution in [3.8, 4) is 0 Å². The van der Waals surface area contributed by atoms with Crippen LogP contribution in [0, 0.1) is 0 Å². The van der Waals surface area contributed by atoms with Gasteiger partial charge in [-0.3, -0.25) is 18.2 Å². The largest absolute Gasteiger partial charge is 0.394 e. The number of aliphatic hydroxyl groups excluding tert-OH is 4. The molecule has 0 amide bonds. The number of hydrogen-bond acceptors (Lipinski definition) is 9. The third kappa shape index (κ3) is 32.6. The highest BCUT2D eigenvalue weighted by Gasteiger charge is 2.27. The van der Waals surface area contributed by atoms with Gasteiger partial charge in [0.25, 0.3) is 0 Å². The number of rotatable bonds is 4. The van der Waals surface area contributed by atoms with Gasteiger partial charge in [0.05, 0.1) is 6.10 Å². The number of carbonyl (C=O) groups is 1. The zero-order chi connectivity index (χ0) is 18.0. The van der Waals surface area contributed by atoms with Crippen molar-refractivity contribution >= 4 is 27.1 Å². The molecule has 0 aromatic heterocycles. The minimum Gasteiger partial charge on any atom is -0.391 e. The molecule has 13 nitrogen and oxygen atoms in total. The highest BCUT2D eigenvalue weighted by Crippen LogP contribution is 2.02. The predicted molar refractivity (Wildman–Crippen MR) is 64.1 cm³/mol. The Morgan fingerprint density at radius 2 is 1.00 bits per heavy atom. The van der Waals surface area contributed by atoms with Crippen LogP contribution < -0.4 is 0 Å². The molecule has 0 fully saturated rings. The molecule has 0 aliphatic heterocycles. The summed E-state index contributed by atoms with van der Waals surface area (Å²) in [6.07, 6.45) is -5.88. The Labute approximate surface area is 119 Å². The fourth-order valence-electron chi connectivity index (χ4n) is 0.568. The summed E-state index contributed by atoms with van der Waals surface area (Å²) >= 11 is 0. The molecule has 0 rings (SSSR count). The van der Waals surface area contributed by atoms with Crippen LogP contribution in [-0.2, 0) is 25.6 Å². The van der Waals surface area contributed by atoms with E-state index in [-0.39, 0.29) is 6.29 Å². The smallest absolute Gasteiger partial charge is 0.391 e. The van der Waals surface area contributed by atoms with E-state index in [2.05, 4.69) is 0 Å². The minimum absolute atomic E-state index is 0.0935. The molecule has 4 atom stereocenters. The van der Waals surface area contributed by atoms with E-state index in [9.17, 15) is 4.79 Å². The van der Waals surface area contributed by atoms with Crippen molar-refractivity contribution in [1.82, 2.24) is 0 Å². The van der Waals surface area contributed by atoms with Gasteiger partial charge in [0.15, 0.2) is 6.29 Å². The Morgan fingerprint density at radius 1 is 0.762 bits per heavy atom. The monoisotopic (exact) mass is 360 g/mol. The Bertz CT molecular complexity index is 419. The number of aliphatic hydroxyl groups is 4. The van der Waals surface area contributed by atoms with Crippen molar-refractivity contribution in [2.24, 2.45) is 0 Å². The summed E-state index contributed by atoms with van der Waals surface area (Å²) in [6, 6.07) is 0. The molecule has 0 bridgehead atoms. The lowest BCUT2D eigenvalue weighted by molar-refractivity contribution is -0.132. The van der Waals surface area contributed by atoms with E-state index >= 15 is 0 Å². The topological polar surface area (TPSA) is 247 Å². The second-order valence-corrected chi connectivity index (χ2v) is 5.04. The van der Waals surface area contributed by atoms with Gasteiger partial charge in [0, 0.05) is 0 Å². The van der Waals surface area contributed by atoms with Gasteiger partial charge in [0.2, 0.25) is 0 Å². The van der Waals surface area contributed by atoms with Crippen LogP contribution in [-0.4, -0.2) is 86.2 Å². The molecule has 15 heteroatoms. The van der Waals surface area contributed by atoms with Crippen molar-refractivity contribution in [3.05, 3.63) is 0 Å². The Hall–Kier alpha value is -0.750. The van der Waals surface area contributed by atoms with Gasteiger partial charge < -0.3 is 25.2 Å². The van der Waals surface area contributed by atoms with E-state index in [1.54, 1.807) is 0 Å². The first-order chi connectivity index (χ1) is 9.00. The van der Waals surface area contributed by atoms with Gasteiger partial charge in [-0.15, -0.1) is 0 Å². The Balaban J connectivity index is -0.000000270. The van der Waals surface area contributed by atoms with E-state index in [0.717, 1.165) is 0 Å². The molecule has 8 N–H and O–H groups in total. The molecule has 0 saturated carbocycles. The summed E-state index contributed by atoms with van der Waals surface area (Å²) in [6.45, 7) is 1.24. The van der Waals surface area contributed by atoms with Crippen LogP contribution >= 0.6 is 0 Å². The van der Waals surface area contributed by atoms with Crippen LogP contribution in [0.5, 0.6) is 0 Å². The fraction of sp³-hybridized carbons (Fsp3) is 0.833. The predicted octanol–water partition coefficient (Wildman–Crippen LogP) is -3.66. The van der Waals surface area contributed by atoms with Crippen LogP contribution in [0.15, 0.2) is 0 Å². The summed E-state index contributed by atoms with van der Waals surface area (Å²) in [7, 11) is -9.33. The first kappa shape index (κ1) is 25.2. The summed E-state index contributed by atoms with van der Waals surface area (Å²) in [4.78, 5) is 9.87. The SMILES string of the molecule is CC(O)C(O)C(O)C(O)C=O.O=S(=O)(O)O.O=S(=O)(O)O. The van der Waals surface area contributed by atoms with Crippen LogP contribution in [0.2, 0.25) is 0 Å². The molecule has 0 aliphatic carbocycles. The maximum atomic E-state index is 9.87. The molecule has 21 heavy (non-hydrogen) atoms. The molecular formula is C6H16O13S2. The van der Waals surface area contributed by atoms with E-state index in [1.165, 1.54) is 6.92 Å². The van der Waals surface area contributed by atoms with Crippen LogP contribution in [0.3, 0.4) is 0 Å². The Morgan fingerprint density at radius 3 is 1.14 bits per heavy atom. The van der Waals surface area contributed by atoms with Crippen LogP contribution in [0.1, 0.15) is 6.92 Å². The first-order valence-electron chi connectivity index (χ1n) is 4.58. The van der Waals surface area contributed by atoms with Gasteiger partial charge in [-0.25, -0.2) is 0 Å². The average Bonchev–Trinajstić information content (AvgIpc) is 2.21. The first-order valence-corrected chi connectivity index (χ1v) is 7.37. The van der Waals surface area contributed by atoms with E-state index < -0.39 is 45.2 Å². The maximum Gasteiger partial charge on any atom is 0.394 e. The van der Waals surface area contributed by atoms with Crippen molar-refractivity contribution in [2.45, 2.75) is 31.3 Å². The van der Waals surface area contributed by atoms with Gasteiger partial charge in [0.1, 0.15) is 18.3 Å². The standard InChI is InChI=1S/C6H12O5.2H2O4S/c1-3(8)5(10)6(11)4(9)2-7;2*1-5(2,3)4/h2-6,8-11H,1H3;2*(H2,1,2,3,4). The van der Waals surface area contributed by atoms with Crippen molar-refractivity contribution in [1.29, 1.82) is 0 Å². The van der Waals surface area contributed by atoms with Gasteiger partial charge >= 0.3 is 20.8 Å². The van der Waals surface area contributed by atoms with Gasteiger partial charge in [-0.2, -0.15) is 16.8 Å². The highest BCUT2D eigenvalue weighted by atomic mass is 32.3. The molecule has 0 aromatic rings. The molecule has 0 saturated heterocycles. The summed E-state index contributed by atoms with van der Waals surface area (Å²) in [5.74, 6) is 0. The molecule has 4 unspecified atom stereocenters. The highest BCUT2D eigenvalue weighted by molar-refractivity contribution is 7.80. The minimum atomic E-state index is -4.67. The van der Waals surface area contributed by atoms with E-state index in [1.807, 2.05) is 0 Å². The van der Waals surface area contributed by atoms with Gasteiger partial charge in [-0.1, -0.05) is 0 Å². The van der Waals surface area contributed by atoms with Crippen molar-refractivity contribution < 1.29 is 60.3 Å². The number of carbonyl (C=O) groups excluding carboxylic acids is 1. The third-order valence-electron chi connectivity index (χ3n) is 1.33. The maximum absolute atomic E-state index is 9.87. The number of hydrogen-bond donors (Lipinski definition) is 8. The zero-order valence-electron chi connectivity index (χ0n) is 10.3. The molecular weight excluding hydrogens is 344 g/mol. The van der Waals surface area contributed by atoms with Crippen molar-refractivity contribution in [2.75, 3.05) is 0 Å². The van der Waals surface area contributed by atoms with Crippen LogP contribution in [0.25, 0.3) is 0 Å². The lowest BCUT2D eigenvalue weighted by atomic mass is 10.1. The van der Waals surface area contributed by atoms with Gasteiger partial charge in [-0.05, 0) is 6.92 Å². The Kier molecular flexibility index (Phi) is 13.1. The van der Waals surface area contributed by atoms with E-state index in [4.69, 9.17) is 55.5 Å². The normalized spacial score (nSPS) is 17.0. The van der Waals surface area contributed by atoms with E-state index in [0.29, 0.717) is 0 Å². The summed E-state index contributed by atoms with van der Waals surface area (Å²) in [5.41, 5.74) is 0. The molecule has 0 aliphatic rings. The average molecular weight is 360 g/mol. The molecule has 0 radical (unpaired) electrons. The second kappa shape index (κ2) is 10.9. The van der Waals surface area contributed by atoms with Crippen LogP contribution in [0.4, 0.5) is 0 Å². The number of aldehydes is 1. The van der Waals surface area contributed by atoms with Crippen molar-refractivity contribution in [3.63, 3.8) is 0 Å². The molecule has 0 heterocycles. The third-order valence-corrected chi connectivity index (χ3v) is 1.33. The lowest BCUT2D eigenvalue weighted by Crippen LogP contribution is -2.43. The molecule has 130 valence electrons. The fourth-order valence-corrected chi connectivity index (χ4v) is 0.568. The summed E-state index contributed by atoms with van der Waals surface area (Å²) < 4.78 is 63.2. The molecule has 0 spiro atoms. The second-order valence-electron chi connectivity index (χ2n) is 3.24. The summed E-state index contributed by atoms with van der Waals surface area (Å²) in [5, 5.41) is 35.1. The molecule has 0 aromatic carbocycles. The quantitative estimate of drug-likeness (QED) is 0.178. The zero-order valence-corrected chi connectivity index (χ0v) is 12.0.